The quantitative estimate of drug-likeness (QED) is 0.732. The number of amides is 1. The summed E-state index contributed by atoms with van der Waals surface area (Å²) in [5.41, 5.74) is -0.669. The molecular formula is C17H31NO3. The van der Waals surface area contributed by atoms with E-state index in [1.165, 1.54) is 0 Å². The van der Waals surface area contributed by atoms with E-state index in [0.29, 0.717) is 6.42 Å². The minimum atomic E-state index is -0.516. The number of nitrogens with zero attached hydrogens (tertiary/aromatic N) is 1. The Bertz CT molecular complexity index is 359. The van der Waals surface area contributed by atoms with Crippen LogP contribution in [0.1, 0.15) is 73.6 Å². The Hall–Kier alpha value is -1.06. The summed E-state index contributed by atoms with van der Waals surface area (Å²) in [5, 5.41) is 0. The van der Waals surface area contributed by atoms with E-state index in [9.17, 15) is 9.59 Å². The van der Waals surface area contributed by atoms with Crippen LogP contribution < -0.4 is 0 Å². The maximum atomic E-state index is 12.7. The highest BCUT2D eigenvalue weighted by Crippen LogP contribution is 2.34. The molecule has 0 aromatic heterocycles. The Labute approximate surface area is 129 Å². The fourth-order valence-electron chi connectivity index (χ4n) is 3.00. The van der Waals surface area contributed by atoms with Gasteiger partial charge in [0.15, 0.2) is 0 Å². The molecule has 0 saturated heterocycles. The van der Waals surface area contributed by atoms with Gasteiger partial charge in [0.2, 0.25) is 0 Å². The average Bonchev–Trinajstić information content (AvgIpc) is 2.78. The summed E-state index contributed by atoms with van der Waals surface area (Å²) in [6, 6.07) is 0.0805. The Morgan fingerprint density at radius 3 is 2.10 bits per heavy atom. The van der Waals surface area contributed by atoms with Crippen molar-refractivity contribution in [2.45, 2.75) is 91.3 Å². The summed E-state index contributed by atoms with van der Waals surface area (Å²) in [7, 11) is 0. The van der Waals surface area contributed by atoms with Gasteiger partial charge in [-0.25, -0.2) is 4.79 Å². The summed E-state index contributed by atoms with van der Waals surface area (Å²) in [6.45, 7) is 11.9. The van der Waals surface area contributed by atoms with Crippen LogP contribution in [0.2, 0.25) is 0 Å². The zero-order valence-corrected chi connectivity index (χ0v) is 14.4. The molecular weight excluding hydrogens is 266 g/mol. The first-order chi connectivity index (χ1) is 9.56. The van der Waals surface area contributed by atoms with Crippen LogP contribution in [-0.4, -0.2) is 35.0 Å². The summed E-state index contributed by atoms with van der Waals surface area (Å²) in [6.07, 6.45) is 5.29. The number of hydrogen-bond acceptors (Lipinski definition) is 3. The fourth-order valence-corrected chi connectivity index (χ4v) is 3.00. The van der Waals surface area contributed by atoms with Gasteiger partial charge in [0, 0.05) is 18.5 Å². The van der Waals surface area contributed by atoms with Crippen LogP contribution in [0, 0.1) is 5.41 Å². The second-order valence-corrected chi connectivity index (χ2v) is 8.11. The van der Waals surface area contributed by atoms with Crippen molar-refractivity contribution in [3.8, 4) is 0 Å². The lowest BCUT2D eigenvalue weighted by Crippen LogP contribution is -2.53. The van der Waals surface area contributed by atoms with E-state index in [0.717, 1.165) is 32.0 Å². The molecule has 4 heteroatoms. The first kappa shape index (κ1) is 18.0. The van der Waals surface area contributed by atoms with Crippen molar-refractivity contribution in [2.75, 3.05) is 0 Å². The monoisotopic (exact) mass is 297 g/mol. The number of aldehydes is 1. The largest absolute Gasteiger partial charge is 0.444 e. The molecule has 0 spiro atoms. The van der Waals surface area contributed by atoms with Crippen LogP contribution >= 0.6 is 0 Å². The second-order valence-electron chi connectivity index (χ2n) is 8.11. The predicted octanol–water partition coefficient (Wildman–Crippen LogP) is 4.17. The number of carbonyl (C=O) groups excluding carboxylic acids is 2. The zero-order valence-electron chi connectivity index (χ0n) is 14.4. The SMILES string of the molecule is CC(C)(C)OC(=O)N(C1CCCC1)C(CC=O)C(C)(C)C. The molecule has 0 aromatic carbocycles. The highest BCUT2D eigenvalue weighted by molar-refractivity contribution is 5.70. The maximum Gasteiger partial charge on any atom is 0.410 e. The van der Waals surface area contributed by atoms with Crippen LogP contribution in [-0.2, 0) is 9.53 Å². The van der Waals surface area contributed by atoms with Crippen molar-refractivity contribution in [2.24, 2.45) is 5.41 Å². The molecule has 1 aliphatic carbocycles. The Kier molecular flexibility index (Phi) is 5.83. The Balaban J connectivity index is 3.04. The van der Waals surface area contributed by atoms with Crippen molar-refractivity contribution in [3.05, 3.63) is 0 Å². The third-order valence-electron chi connectivity index (χ3n) is 3.98. The summed E-state index contributed by atoms with van der Waals surface area (Å²) < 4.78 is 5.61. The van der Waals surface area contributed by atoms with Gasteiger partial charge < -0.3 is 14.4 Å². The third kappa shape index (κ3) is 5.33. The first-order valence-electron chi connectivity index (χ1n) is 8.01. The molecule has 1 rings (SSSR count). The number of ether oxygens (including phenoxy) is 1. The molecule has 0 N–H and O–H groups in total. The van der Waals surface area contributed by atoms with E-state index in [4.69, 9.17) is 4.74 Å². The molecule has 0 aliphatic heterocycles. The van der Waals surface area contributed by atoms with Crippen LogP contribution in [0.5, 0.6) is 0 Å². The van der Waals surface area contributed by atoms with E-state index >= 15 is 0 Å². The van der Waals surface area contributed by atoms with Crippen molar-refractivity contribution < 1.29 is 14.3 Å². The molecule has 0 aromatic rings. The summed E-state index contributed by atoms with van der Waals surface area (Å²) >= 11 is 0. The normalized spacial score (nSPS) is 18.4. The number of hydrogen-bond donors (Lipinski definition) is 0. The third-order valence-corrected chi connectivity index (χ3v) is 3.98. The van der Waals surface area contributed by atoms with Gasteiger partial charge >= 0.3 is 6.09 Å². The lowest BCUT2D eigenvalue weighted by atomic mass is 9.83. The standard InChI is InChI=1S/C17H31NO3/c1-16(2,3)14(11-12-19)18(13-9-7-8-10-13)15(20)21-17(4,5)6/h12-14H,7-11H2,1-6H3. The second kappa shape index (κ2) is 6.80. The lowest BCUT2D eigenvalue weighted by Gasteiger charge is -2.43. The molecule has 122 valence electrons. The van der Waals surface area contributed by atoms with Gasteiger partial charge in [0.25, 0.3) is 0 Å². The van der Waals surface area contributed by atoms with Crippen LogP contribution in [0.25, 0.3) is 0 Å². The van der Waals surface area contributed by atoms with Gasteiger partial charge in [-0.1, -0.05) is 33.6 Å². The van der Waals surface area contributed by atoms with Crippen LogP contribution in [0.15, 0.2) is 0 Å². The first-order valence-corrected chi connectivity index (χ1v) is 8.01. The minimum Gasteiger partial charge on any atom is -0.444 e. The highest BCUT2D eigenvalue weighted by Gasteiger charge is 2.40. The van der Waals surface area contributed by atoms with E-state index in [1.807, 2.05) is 25.7 Å². The molecule has 1 unspecified atom stereocenters. The van der Waals surface area contributed by atoms with Crippen LogP contribution in [0.4, 0.5) is 4.79 Å². The predicted molar refractivity (Wildman–Crippen MR) is 84.3 cm³/mol. The van der Waals surface area contributed by atoms with Crippen molar-refractivity contribution >= 4 is 12.4 Å². The molecule has 21 heavy (non-hydrogen) atoms. The minimum absolute atomic E-state index is 0.118. The molecule has 1 atom stereocenters. The smallest absolute Gasteiger partial charge is 0.410 e. The van der Waals surface area contributed by atoms with E-state index < -0.39 is 5.60 Å². The molecule has 1 amide bonds. The Morgan fingerprint density at radius 2 is 1.71 bits per heavy atom. The van der Waals surface area contributed by atoms with E-state index in [-0.39, 0.29) is 23.6 Å². The molecule has 0 bridgehead atoms. The van der Waals surface area contributed by atoms with Crippen molar-refractivity contribution in [1.29, 1.82) is 0 Å². The van der Waals surface area contributed by atoms with Gasteiger partial charge in [-0.2, -0.15) is 0 Å². The lowest BCUT2D eigenvalue weighted by molar-refractivity contribution is -0.110. The van der Waals surface area contributed by atoms with Gasteiger partial charge in [-0.3, -0.25) is 0 Å². The topological polar surface area (TPSA) is 46.6 Å². The van der Waals surface area contributed by atoms with Crippen molar-refractivity contribution in [1.82, 2.24) is 4.90 Å². The van der Waals surface area contributed by atoms with Gasteiger partial charge in [0.05, 0.1) is 0 Å². The fraction of sp³-hybridized carbons (Fsp3) is 0.882. The van der Waals surface area contributed by atoms with Gasteiger partial charge in [-0.05, 0) is 39.0 Å². The highest BCUT2D eigenvalue weighted by atomic mass is 16.6. The number of rotatable bonds is 4. The summed E-state index contributed by atoms with van der Waals surface area (Å²) in [5.74, 6) is 0. The van der Waals surface area contributed by atoms with Crippen molar-refractivity contribution in [3.63, 3.8) is 0 Å². The van der Waals surface area contributed by atoms with Gasteiger partial charge in [0.1, 0.15) is 11.9 Å². The maximum absolute atomic E-state index is 12.7. The summed E-state index contributed by atoms with van der Waals surface area (Å²) in [4.78, 5) is 25.7. The molecule has 1 fully saturated rings. The molecule has 4 nitrogen and oxygen atoms in total. The van der Waals surface area contributed by atoms with Crippen LogP contribution in [0.3, 0.4) is 0 Å². The zero-order chi connectivity index (χ0) is 16.3. The molecule has 0 heterocycles. The Morgan fingerprint density at radius 1 is 1.19 bits per heavy atom. The average molecular weight is 297 g/mol. The molecule has 0 radical (unpaired) electrons. The molecule has 1 saturated carbocycles. The van der Waals surface area contributed by atoms with Gasteiger partial charge in [-0.15, -0.1) is 0 Å². The van der Waals surface area contributed by atoms with E-state index in [1.54, 1.807) is 0 Å². The molecule has 1 aliphatic rings. The number of carbonyl (C=O) groups is 2. The van der Waals surface area contributed by atoms with E-state index in [2.05, 4.69) is 20.8 Å².